The number of hydrogen-bond acceptors (Lipinski definition) is 3. The van der Waals surface area contributed by atoms with Crippen LogP contribution in [-0.4, -0.2) is 50.0 Å². The standard InChI is InChI=1S/C10H19NO2/c1-9(10-3-2-6-13-10)11-4-7-12-8-5-11/h9-10H,2-8H2,1H3. The molecule has 0 aromatic heterocycles. The molecule has 0 aromatic rings. The van der Waals surface area contributed by atoms with Crippen LogP contribution in [0.1, 0.15) is 19.8 Å². The summed E-state index contributed by atoms with van der Waals surface area (Å²) in [6.07, 6.45) is 2.94. The Balaban J connectivity index is 1.83. The van der Waals surface area contributed by atoms with E-state index < -0.39 is 0 Å². The molecular weight excluding hydrogens is 166 g/mol. The lowest BCUT2D eigenvalue weighted by Crippen LogP contribution is -2.47. The number of ether oxygens (including phenoxy) is 2. The van der Waals surface area contributed by atoms with Gasteiger partial charge in [0.1, 0.15) is 0 Å². The van der Waals surface area contributed by atoms with Gasteiger partial charge in [0.15, 0.2) is 0 Å². The van der Waals surface area contributed by atoms with Gasteiger partial charge in [0.2, 0.25) is 0 Å². The molecule has 0 amide bonds. The quantitative estimate of drug-likeness (QED) is 0.637. The maximum atomic E-state index is 5.69. The van der Waals surface area contributed by atoms with Crippen LogP contribution < -0.4 is 0 Å². The minimum absolute atomic E-state index is 0.470. The van der Waals surface area contributed by atoms with Crippen molar-refractivity contribution in [1.29, 1.82) is 0 Å². The van der Waals surface area contributed by atoms with Crippen LogP contribution in [0.4, 0.5) is 0 Å². The molecule has 0 aliphatic carbocycles. The fraction of sp³-hybridized carbons (Fsp3) is 1.00. The number of morpholine rings is 1. The number of hydrogen-bond donors (Lipinski definition) is 0. The van der Waals surface area contributed by atoms with E-state index in [0.717, 1.165) is 32.9 Å². The van der Waals surface area contributed by atoms with E-state index in [-0.39, 0.29) is 0 Å². The summed E-state index contributed by atoms with van der Waals surface area (Å²) < 4.78 is 11.0. The van der Waals surface area contributed by atoms with Crippen molar-refractivity contribution in [2.75, 3.05) is 32.9 Å². The van der Waals surface area contributed by atoms with E-state index in [1.165, 1.54) is 12.8 Å². The average Bonchev–Trinajstić information content (AvgIpc) is 2.71. The van der Waals surface area contributed by atoms with Crippen molar-refractivity contribution in [3.63, 3.8) is 0 Å². The zero-order valence-electron chi connectivity index (χ0n) is 8.37. The van der Waals surface area contributed by atoms with Crippen molar-refractivity contribution < 1.29 is 9.47 Å². The highest BCUT2D eigenvalue weighted by atomic mass is 16.5. The summed E-state index contributed by atoms with van der Waals surface area (Å²) in [5.74, 6) is 0. The third-order valence-corrected chi connectivity index (χ3v) is 3.12. The van der Waals surface area contributed by atoms with E-state index in [9.17, 15) is 0 Å². The monoisotopic (exact) mass is 185 g/mol. The van der Waals surface area contributed by atoms with Crippen LogP contribution >= 0.6 is 0 Å². The summed E-state index contributed by atoms with van der Waals surface area (Å²) in [7, 11) is 0. The highest BCUT2D eigenvalue weighted by Crippen LogP contribution is 2.19. The highest BCUT2D eigenvalue weighted by Gasteiger charge is 2.27. The third-order valence-electron chi connectivity index (χ3n) is 3.12. The molecule has 0 spiro atoms. The van der Waals surface area contributed by atoms with Crippen LogP contribution in [0.3, 0.4) is 0 Å². The van der Waals surface area contributed by atoms with Gasteiger partial charge in [-0.3, -0.25) is 4.90 Å². The Hall–Kier alpha value is -0.120. The van der Waals surface area contributed by atoms with Gasteiger partial charge in [-0.05, 0) is 19.8 Å². The van der Waals surface area contributed by atoms with E-state index in [1.54, 1.807) is 0 Å². The summed E-state index contributed by atoms with van der Waals surface area (Å²) >= 11 is 0. The fourth-order valence-electron chi connectivity index (χ4n) is 2.20. The topological polar surface area (TPSA) is 21.7 Å². The molecule has 0 aromatic carbocycles. The van der Waals surface area contributed by atoms with Crippen LogP contribution in [0.5, 0.6) is 0 Å². The molecular formula is C10H19NO2. The summed E-state index contributed by atoms with van der Waals surface area (Å²) in [4.78, 5) is 2.49. The van der Waals surface area contributed by atoms with Gasteiger partial charge in [0.05, 0.1) is 19.3 Å². The summed E-state index contributed by atoms with van der Waals surface area (Å²) in [5, 5.41) is 0. The Bertz CT molecular complexity index is 151. The molecule has 2 fully saturated rings. The van der Waals surface area contributed by atoms with Gasteiger partial charge in [-0.25, -0.2) is 0 Å². The number of rotatable bonds is 2. The van der Waals surface area contributed by atoms with Gasteiger partial charge < -0.3 is 9.47 Å². The molecule has 3 heteroatoms. The van der Waals surface area contributed by atoms with E-state index in [0.29, 0.717) is 12.1 Å². The summed E-state index contributed by atoms with van der Waals surface area (Å²) in [6, 6.07) is 0.575. The largest absolute Gasteiger partial charge is 0.379 e. The Labute approximate surface area is 80.0 Å². The molecule has 0 saturated carbocycles. The van der Waals surface area contributed by atoms with Gasteiger partial charge in [-0.15, -0.1) is 0 Å². The first-order chi connectivity index (χ1) is 6.38. The van der Waals surface area contributed by atoms with E-state index in [4.69, 9.17) is 9.47 Å². The van der Waals surface area contributed by atoms with E-state index in [1.807, 2.05) is 0 Å². The highest BCUT2D eigenvalue weighted by molar-refractivity contribution is 4.80. The average molecular weight is 185 g/mol. The van der Waals surface area contributed by atoms with Crippen LogP contribution in [-0.2, 0) is 9.47 Å². The predicted molar refractivity (Wildman–Crippen MR) is 50.8 cm³/mol. The molecule has 0 radical (unpaired) electrons. The zero-order valence-corrected chi connectivity index (χ0v) is 8.37. The van der Waals surface area contributed by atoms with Gasteiger partial charge in [-0.1, -0.05) is 0 Å². The first kappa shape index (κ1) is 9.44. The lowest BCUT2D eigenvalue weighted by molar-refractivity contribution is -0.0239. The molecule has 0 N–H and O–H groups in total. The van der Waals surface area contributed by atoms with E-state index in [2.05, 4.69) is 11.8 Å². The van der Waals surface area contributed by atoms with Crippen molar-refractivity contribution in [3.05, 3.63) is 0 Å². The third kappa shape index (κ3) is 2.22. The molecule has 76 valence electrons. The second-order valence-corrected chi connectivity index (χ2v) is 3.94. The lowest BCUT2D eigenvalue weighted by Gasteiger charge is -2.35. The fourth-order valence-corrected chi connectivity index (χ4v) is 2.20. The Morgan fingerprint density at radius 2 is 2.00 bits per heavy atom. The minimum atomic E-state index is 0.470. The summed E-state index contributed by atoms with van der Waals surface area (Å²) in [6.45, 7) is 7.15. The normalized spacial score (nSPS) is 33.5. The van der Waals surface area contributed by atoms with Crippen molar-refractivity contribution >= 4 is 0 Å². The molecule has 2 aliphatic rings. The van der Waals surface area contributed by atoms with Crippen molar-refractivity contribution in [2.45, 2.75) is 31.9 Å². The molecule has 3 nitrogen and oxygen atoms in total. The first-order valence-electron chi connectivity index (χ1n) is 5.31. The Kier molecular flexibility index (Phi) is 3.19. The predicted octanol–water partition coefficient (Wildman–Crippen LogP) is 0.886. The second-order valence-electron chi connectivity index (χ2n) is 3.94. The second kappa shape index (κ2) is 4.40. The Morgan fingerprint density at radius 1 is 1.23 bits per heavy atom. The maximum absolute atomic E-state index is 5.69. The van der Waals surface area contributed by atoms with Crippen LogP contribution in [0.25, 0.3) is 0 Å². The SMILES string of the molecule is CC(C1CCCO1)N1CCOCC1. The number of nitrogens with zero attached hydrogens (tertiary/aromatic N) is 1. The Morgan fingerprint density at radius 3 is 2.62 bits per heavy atom. The van der Waals surface area contributed by atoms with Crippen molar-refractivity contribution in [2.24, 2.45) is 0 Å². The molecule has 0 bridgehead atoms. The molecule has 2 atom stereocenters. The van der Waals surface area contributed by atoms with Gasteiger partial charge >= 0.3 is 0 Å². The molecule has 2 saturated heterocycles. The van der Waals surface area contributed by atoms with Crippen molar-refractivity contribution in [1.82, 2.24) is 4.90 Å². The smallest absolute Gasteiger partial charge is 0.0728 e. The van der Waals surface area contributed by atoms with Gasteiger partial charge in [-0.2, -0.15) is 0 Å². The van der Waals surface area contributed by atoms with Crippen LogP contribution in [0.2, 0.25) is 0 Å². The molecule has 2 heterocycles. The zero-order chi connectivity index (χ0) is 9.10. The van der Waals surface area contributed by atoms with Gasteiger partial charge in [0, 0.05) is 25.7 Å². The first-order valence-corrected chi connectivity index (χ1v) is 5.31. The molecule has 13 heavy (non-hydrogen) atoms. The molecule has 2 unspecified atom stereocenters. The molecule has 2 aliphatic heterocycles. The van der Waals surface area contributed by atoms with Crippen molar-refractivity contribution in [3.8, 4) is 0 Å². The van der Waals surface area contributed by atoms with Gasteiger partial charge in [0.25, 0.3) is 0 Å². The van der Waals surface area contributed by atoms with Crippen LogP contribution in [0, 0.1) is 0 Å². The lowest BCUT2D eigenvalue weighted by atomic mass is 10.1. The molecule has 2 rings (SSSR count). The minimum Gasteiger partial charge on any atom is -0.379 e. The summed E-state index contributed by atoms with van der Waals surface area (Å²) in [5.41, 5.74) is 0. The van der Waals surface area contributed by atoms with Crippen LogP contribution in [0.15, 0.2) is 0 Å². The van der Waals surface area contributed by atoms with E-state index >= 15 is 0 Å². The maximum Gasteiger partial charge on any atom is 0.0728 e.